The van der Waals surface area contributed by atoms with Crippen LogP contribution in [0.2, 0.25) is 0 Å². The van der Waals surface area contributed by atoms with Crippen LogP contribution in [0, 0.1) is 16.0 Å². The predicted octanol–water partition coefficient (Wildman–Crippen LogP) is 3.64. The van der Waals surface area contributed by atoms with Gasteiger partial charge in [-0.25, -0.2) is 4.79 Å². The maximum atomic E-state index is 12.7. The number of hydrogen-bond donors (Lipinski definition) is 2. The number of nitrogens with one attached hydrogen (secondary N) is 2. The normalized spacial score (nSPS) is 14.0. The lowest BCUT2D eigenvalue weighted by molar-refractivity contribution is -0.384. The van der Waals surface area contributed by atoms with Crippen molar-refractivity contribution >= 4 is 34.7 Å². The number of carbonyl (C=O) groups excluding carboxylic acids is 2. The molecule has 170 valence electrons. The molecule has 1 fully saturated rings. The Morgan fingerprint density at radius 1 is 1.06 bits per heavy atom. The quantitative estimate of drug-likeness (QED) is 0.363. The molecular weight excluding hydrogens is 416 g/mol. The molecule has 1 heterocycles. The number of rotatable bonds is 8. The third kappa shape index (κ3) is 6.17. The zero-order valence-corrected chi connectivity index (χ0v) is 17.8. The van der Waals surface area contributed by atoms with Gasteiger partial charge < -0.3 is 19.7 Å². The first-order valence-corrected chi connectivity index (χ1v) is 10.3. The highest BCUT2D eigenvalue weighted by atomic mass is 16.6. The molecule has 2 aromatic carbocycles. The number of nitro benzene ring substituents is 1. The molecule has 3 rings (SSSR count). The van der Waals surface area contributed by atoms with Crippen LogP contribution in [0.15, 0.2) is 48.5 Å². The van der Waals surface area contributed by atoms with Crippen LogP contribution in [-0.4, -0.2) is 50.3 Å². The van der Waals surface area contributed by atoms with Crippen LogP contribution in [0.3, 0.4) is 0 Å². The average molecular weight is 442 g/mol. The number of benzene rings is 2. The average Bonchev–Trinajstić information content (AvgIpc) is 2.79. The summed E-state index contributed by atoms with van der Waals surface area (Å²) in [6.45, 7) is 1.55. The van der Waals surface area contributed by atoms with Crippen molar-refractivity contribution in [3.05, 3.63) is 58.6 Å². The maximum absolute atomic E-state index is 12.7. The van der Waals surface area contributed by atoms with Gasteiger partial charge in [0, 0.05) is 43.6 Å². The topological polar surface area (TPSA) is 123 Å². The number of nitro groups is 1. The number of anilines is 3. The Morgan fingerprint density at radius 3 is 2.44 bits per heavy atom. The minimum Gasteiger partial charge on any atom is -0.447 e. The van der Waals surface area contributed by atoms with E-state index in [-0.39, 0.29) is 29.0 Å². The van der Waals surface area contributed by atoms with E-state index >= 15 is 0 Å². The predicted molar refractivity (Wildman–Crippen MR) is 120 cm³/mol. The number of piperidine rings is 1. The Kier molecular flexibility index (Phi) is 7.98. The smallest absolute Gasteiger partial charge is 0.411 e. The minimum atomic E-state index is -0.604. The monoisotopic (exact) mass is 442 g/mol. The minimum absolute atomic E-state index is 0.0699. The summed E-state index contributed by atoms with van der Waals surface area (Å²) in [7, 11) is 1.52. The molecule has 0 spiro atoms. The number of nitrogens with zero attached hydrogens (tertiary/aromatic N) is 2. The van der Waals surface area contributed by atoms with Gasteiger partial charge in [0.1, 0.15) is 12.3 Å². The van der Waals surface area contributed by atoms with Crippen molar-refractivity contribution in [3.8, 4) is 0 Å². The molecule has 1 aliphatic rings. The molecule has 0 aliphatic carbocycles. The second-order valence-electron chi connectivity index (χ2n) is 7.33. The molecule has 0 radical (unpaired) electrons. The van der Waals surface area contributed by atoms with E-state index in [1.54, 1.807) is 42.5 Å². The summed E-state index contributed by atoms with van der Waals surface area (Å²) in [4.78, 5) is 37.3. The van der Waals surface area contributed by atoms with Crippen molar-refractivity contribution in [2.45, 2.75) is 12.8 Å². The maximum Gasteiger partial charge on any atom is 0.411 e. The second-order valence-corrected chi connectivity index (χ2v) is 7.33. The molecule has 0 aromatic heterocycles. The highest BCUT2D eigenvalue weighted by Gasteiger charge is 2.28. The summed E-state index contributed by atoms with van der Waals surface area (Å²) < 4.78 is 9.79. The first-order valence-electron chi connectivity index (χ1n) is 10.3. The van der Waals surface area contributed by atoms with Crippen LogP contribution in [0.4, 0.5) is 27.5 Å². The van der Waals surface area contributed by atoms with Gasteiger partial charge >= 0.3 is 6.09 Å². The fraction of sp³-hybridized carbons (Fsp3) is 0.364. The number of ether oxygens (including phenoxy) is 2. The van der Waals surface area contributed by atoms with Gasteiger partial charge in [-0.3, -0.25) is 20.2 Å². The van der Waals surface area contributed by atoms with Gasteiger partial charge in [0.2, 0.25) is 5.91 Å². The zero-order chi connectivity index (χ0) is 22.9. The molecule has 0 saturated carbocycles. The van der Waals surface area contributed by atoms with E-state index in [1.807, 2.05) is 4.90 Å². The fourth-order valence-electron chi connectivity index (χ4n) is 3.56. The third-order valence-corrected chi connectivity index (χ3v) is 5.18. The lowest BCUT2D eigenvalue weighted by Gasteiger charge is -2.32. The van der Waals surface area contributed by atoms with Crippen LogP contribution in [0.5, 0.6) is 0 Å². The summed E-state index contributed by atoms with van der Waals surface area (Å²) in [5.41, 5.74) is 1.70. The van der Waals surface area contributed by atoms with E-state index in [4.69, 9.17) is 9.47 Å². The van der Waals surface area contributed by atoms with Crippen molar-refractivity contribution < 1.29 is 24.0 Å². The van der Waals surface area contributed by atoms with Crippen LogP contribution < -0.4 is 15.5 Å². The van der Waals surface area contributed by atoms with Crippen LogP contribution in [-0.2, 0) is 14.3 Å². The molecular formula is C22H26N4O6. The van der Waals surface area contributed by atoms with E-state index in [0.717, 1.165) is 0 Å². The van der Waals surface area contributed by atoms with Crippen molar-refractivity contribution in [1.29, 1.82) is 0 Å². The molecule has 10 heteroatoms. The molecule has 0 atom stereocenters. The molecule has 1 saturated heterocycles. The van der Waals surface area contributed by atoms with Crippen molar-refractivity contribution in [3.63, 3.8) is 0 Å². The lowest BCUT2D eigenvalue weighted by Crippen LogP contribution is -2.38. The molecule has 0 bridgehead atoms. The molecule has 10 nitrogen and oxygen atoms in total. The van der Waals surface area contributed by atoms with Gasteiger partial charge in [-0.1, -0.05) is 18.2 Å². The zero-order valence-electron chi connectivity index (χ0n) is 17.8. The number of methoxy groups -OCH3 is 1. The Balaban J connectivity index is 1.53. The van der Waals surface area contributed by atoms with Crippen molar-refractivity contribution in [2.24, 2.45) is 5.92 Å². The number of carbonyl (C=O) groups is 2. The first kappa shape index (κ1) is 23.0. The Morgan fingerprint density at radius 2 is 1.75 bits per heavy atom. The molecule has 2 aromatic rings. The molecule has 0 unspecified atom stereocenters. The summed E-state index contributed by atoms with van der Waals surface area (Å²) in [5.74, 6) is -0.323. The number of hydrogen-bond acceptors (Lipinski definition) is 7. The summed E-state index contributed by atoms with van der Waals surface area (Å²) in [5, 5.41) is 16.8. The van der Waals surface area contributed by atoms with E-state index in [2.05, 4.69) is 10.6 Å². The van der Waals surface area contributed by atoms with E-state index < -0.39 is 6.09 Å². The number of amides is 2. The lowest BCUT2D eigenvalue weighted by atomic mass is 9.95. The number of para-hydroxylation sites is 2. The summed E-state index contributed by atoms with van der Waals surface area (Å²) in [6, 6.07) is 13.4. The standard InChI is InChI=1S/C22H26N4O6/c1-31-13-14-32-22(28)24-18-6-4-5-17(15-18)23-21(27)16-9-11-25(12-10-16)19-7-2-3-8-20(19)26(29)30/h2-8,15-16H,9-14H2,1H3,(H,23,27)(H,24,28). The Labute approximate surface area is 185 Å². The molecule has 32 heavy (non-hydrogen) atoms. The summed E-state index contributed by atoms with van der Waals surface area (Å²) in [6.07, 6.45) is 0.566. The van der Waals surface area contributed by atoms with Crippen LogP contribution >= 0.6 is 0 Å². The largest absolute Gasteiger partial charge is 0.447 e. The van der Waals surface area contributed by atoms with Crippen molar-refractivity contribution in [1.82, 2.24) is 0 Å². The van der Waals surface area contributed by atoms with Gasteiger partial charge in [0.05, 0.1) is 11.5 Å². The molecule has 2 N–H and O–H groups in total. The van der Waals surface area contributed by atoms with E-state index in [0.29, 0.717) is 49.6 Å². The highest BCUT2D eigenvalue weighted by molar-refractivity contribution is 5.94. The Bertz CT molecular complexity index is 959. The Hall–Kier alpha value is -3.66. The highest BCUT2D eigenvalue weighted by Crippen LogP contribution is 2.31. The third-order valence-electron chi connectivity index (χ3n) is 5.18. The van der Waals surface area contributed by atoms with E-state index in [1.165, 1.54) is 13.2 Å². The van der Waals surface area contributed by atoms with Gasteiger partial charge in [0.25, 0.3) is 5.69 Å². The summed E-state index contributed by atoms with van der Waals surface area (Å²) >= 11 is 0. The SMILES string of the molecule is COCCOC(=O)Nc1cccc(NC(=O)C2CCN(c3ccccc3[N+](=O)[O-])CC2)c1. The van der Waals surface area contributed by atoms with Gasteiger partial charge in [-0.05, 0) is 37.1 Å². The second kappa shape index (κ2) is 11.1. The van der Waals surface area contributed by atoms with Gasteiger partial charge in [-0.15, -0.1) is 0 Å². The van der Waals surface area contributed by atoms with E-state index in [9.17, 15) is 19.7 Å². The van der Waals surface area contributed by atoms with Crippen LogP contribution in [0.1, 0.15) is 12.8 Å². The molecule has 1 aliphatic heterocycles. The van der Waals surface area contributed by atoms with Gasteiger partial charge in [0.15, 0.2) is 0 Å². The van der Waals surface area contributed by atoms with Crippen molar-refractivity contribution in [2.75, 3.05) is 48.9 Å². The van der Waals surface area contributed by atoms with Crippen LogP contribution in [0.25, 0.3) is 0 Å². The fourth-order valence-corrected chi connectivity index (χ4v) is 3.56. The first-order chi connectivity index (χ1) is 15.5. The molecule has 2 amide bonds. The van der Waals surface area contributed by atoms with Gasteiger partial charge in [-0.2, -0.15) is 0 Å².